The van der Waals surface area contributed by atoms with Gasteiger partial charge in [0.1, 0.15) is 23.9 Å². The summed E-state index contributed by atoms with van der Waals surface area (Å²) in [5.41, 5.74) is 31.2. The van der Waals surface area contributed by atoms with Gasteiger partial charge in [-0.2, -0.15) is 0 Å². The zero-order valence-electron chi connectivity index (χ0n) is 26.6. The number of nitrogens with one attached hydrogen (secondary N) is 3. The summed E-state index contributed by atoms with van der Waals surface area (Å²) >= 11 is 0. The standard InChI is InChI=1S/C32H49N9O5/c1-19-15-22(42)16-20(2)23(19)18-27(31(46)39-25(28(35)43)11-6-7-13-33)41-30(45)26(12-8-14-38-32(36)37)40-29(44)24(34)17-21-9-4-3-5-10-21/h3-5,9-10,15-16,24-27,42H,6-8,11-14,17-18,33-34H2,1-2H3,(H2,35,43)(H,39,46)(H,40,44)(H,41,45)(H4,36,37,38)/t24-,25-,26+,27-/m0/s1. The molecular weight excluding hydrogens is 590 g/mol. The molecule has 0 radical (unpaired) electrons. The average Bonchev–Trinajstić information content (AvgIpc) is 2.99. The SMILES string of the molecule is Cc1cc(O)cc(C)c1C[C@H](NC(=O)[C@@H](CCCN=C(N)N)NC(=O)[C@@H](N)Cc1ccccc1)C(=O)N[C@@H](CCCCN)C(N)=O. The number of benzene rings is 2. The zero-order chi connectivity index (χ0) is 34.2. The largest absolute Gasteiger partial charge is 0.508 e. The average molecular weight is 640 g/mol. The van der Waals surface area contributed by atoms with Crippen LogP contribution in [0.1, 0.15) is 54.4 Å². The summed E-state index contributed by atoms with van der Waals surface area (Å²) in [4.78, 5) is 56.7. The summed E-state index contributed by atoms with van der Waals surface area (Å²) in [6.07, 6.45) is 2.23. The molecule has 0 aliphatic heterocycles. The maximum atomic E-state index is 13.8. The highest BCUT2D eigenvalue weighted by molar-refractivity contribution is 5.94. The Labute approximate surface area is 269 Å². The van der Waals surface area contributed by atoms with Gasteiger partial charge in [-0.05, 0) is 93.3 Å². The van der Waals surface area contributed by atoms with Crippen LogP contribution in [0.3, 0.4) is 0 Å². The van der Waals surface area contributed by atoms with Crippen LogP contribution in [-0.2, 0) is 32.0 Å². The van der Waals surface area contributed by atoms with Gasteiger partial charge in [-0.15, -0.1) is 0 Å². The molecule has 4 amide bonds. The third-order valence-electron chi connectivity index (χ3n) is 7.54. The smallest absolute Gasteiger partial charge is 0.243 e. The Bertz CT molecular complexity index is 1330. The lowest BCUT2D eigenvalue weighted by molar-refractivity contribution is -0.133. The summed E-state index contributed by atoms with van der Waals surface area (Å²) in [6.45, 7) is 4.18. The van der Waals surface area contributed by atoms with E-state index in [0.717, 1.165) is 11.1 Å². The number of nitrogens with zero attached hydrogens (tertiary/aromatic N) is 1. The number of nitrogens with two attached hydrogens (primary N) is 5. The van der Waals surface area contributed by atoms with Crippen LogP contribution in [0.2, 0.25) is 0 Å². The lowest BCUT2D eigenvalue weighted by Crippen LogP contribution is -2.58. The molecule has 2 aromatic carbocycles. The Kier molecular flexibility index (Phi) is 15.5. The molecule has 0 heterocycles. The molecule has 14 nitrogen and oxygen atoms in total. The van der Waals surface area contributed by atoms with Gasteiger partial charge in [-0.25, -0.2) is 0 Å². The minimum Gasteiger partial charge on any atom is -0.508 e. The normalized spacial score (nSPS) is 13.5. The van der Waals surface area contributed by atoms with E-state index in [1.165, 1.54) is 0 Å². The predicted molar refractivity (Wildman–Crippen MR) is 177 cm³/mol. The van der Waals surface area contributed by atoms with Gasteiger partial charge in [0.15, 0.2) is 5.96 Å². The number of carbonyl (C=O) groups excluding carboxylic acids is 4. The number of primary amides is 1. The third-order valence-corrected chi connectivity index (χ3v) is 7.54. The van der Waals surface area contributed by atoms with Crippen molar-refractivity contribution in [1.29, 1.82) is 0 Å². The molecule has 14 heteroatoms. The number of unbranched alkanes of at least 4 members (excludes halogenated alkanes) is 1. The Hall–Kier alpha value is -4.69. The van der Waals surface area contributed by atoms with Gasteiger partial charge in [0, 0.05) is 13.0 Å². The number of aromatic hydroxyl groups is 1. The number of aliphatic imine (C=N–C) groups is 1. The van der Waals surface area contributed by atoms with E-state index in [1.54, 1.807) is 26.0 Å². The van der Waals surface area contributed by atoms with Crippen molar-refractivity contribution in [3.8, 4) is 5.75 Å². The van der Waals surface area contributed by atoms with Gasteiger partial charge >= 0.3 is 0 Å². The molecule has 0 spiro atoms. The van der Waals surface area contributed by atoms with E-state index in [0.29, 0.717) is 36.9 Å². The Morgan fingerprint density at radius 3 is 1.93 bits per heavy atom. The van der Waals surface area contributed by atoms with E-state index in [9.17, 15) is 24.3 Å². The second-order valence-electron chi connectivity index (χ2n) is 11.4. The first-order chi connectivity index (χ1) is 21.8. The monoisotopic (exact) mass is 639 g/mol. The van der Waals surface area contributed by atoms with Crippen LogP contribution < -0.4 is 44.6 Å². The van der Waals surface area contributed by atoms with Crippen molar-refractivity contribution in [2.24, 2.45) is 33.7 Å². The minimum atomic E-state index is -1.17. The Morgan fingerprint density at radius 1 is 0.783 bits per heavy atom. The van der Waals surface area contributed by atoms with E-state index in [2.05, 4.69) is 20.9 Å². The van der Waals surface area contributed by atoms with Crippen LogP contribution in [0.25, 0.3) is 0 Å². The molecule has 0 aliphatic rings. The maximum absolute atomic E-state index is 13.8. The van der Waals surface area contributed by atoms with E-state index >= 15 is 0 Å². The molecule has 0 unspecified atom stereocenters. The highest BCUT2D eigenvalue weighted by Crippen LogP contribution is 2.22. The van der Waals surface area contributed by atoms with Crippen molar-refractivity contribution in [3.05, 3.63) is 64.7 Å². The maximum Gasteiger partial charge on any atom is 0.243 e. The number of amides is 4. The molecule has 0 aliphatic carbocycles. The molecule has 46 heavy (non-hydrogen) atoms. The van der Waals surface area contributed by atoms with Crippen molar-refractivity contribution >= 4 is 29.6 Å². The van der Waals surface area contributed by atoms with E-state index in [-0.39, 0.29) is 43.9 Å². The Morgan fingerprint density at radius 2 is 1.35 bits per heavy atom. The van der Waals surface area contributed by atoms with Gasteiger partial charge in [0.25, 0.3) is 0 Å². The van der Waals surface area contributed by atoms with Crippen molar-refractivity contribution in [1.82, 2.24) is 16.0 Å². The number of hydrogen-bond donors (Lipinski definition) is 9. The van der Waals surface area contributed by atoms with Gasteiger partial charge in [0.05, 0.1) is 6.04 Å². The number of aryl methyl sites for hydroxylation is 2. The molecule has 0 aromatic heterocycles. The first-order valence-electron chi connectivity index (χ1n) is 15.4. The number of phenols is 1. The minimum absolute atomic E-state index is 0.0337. The molecule has 252 valence electrons. The fraction of sp³-hybridized carbons (Fsp3) is 0.469. The van der Waals surface area contributed by atoms with Crippen molar-refractivity contribution in [3.63, 3.8) is 0 Å². The topological polar surface area (TPSA) is 267 Å². The number of carbonyl (C=O) groups is 4. The fourth-order valence-electron chi connectivity index (χ4n) is 5.04. The first-order valence-corrected chi connectivity index (χ1v) is 15.4. The van der Waals surface area contributed by atoms with Crippen LogP contribution in [0.4, 0.5) is 0 Å². The summed E-state index contributed by atoms with van der Waals surface area (Å²) < 4.78 is 0. The zero-order valence-corrected chi connectivity index (χ0v) is 26.6. The number of hydrogen-bond acceptors (Lipinski definition) is 8. The number of guanidine groups is 1. The second kappa shape index (κ2) is 19.0. The van der Waals surface area contributed by atoms with Crippen molar-refractivity contribution in [2.45, 2.75) is 83.0 Å². The molecular formula is C32H49N9O5. The van der Waals surface area contributed by atoms with Gasteiger partial charge in [0.2, 0.25) is 23.6 Å². The molecule has 2 rings (SSSR count). The molecule has 0 fully saturated rings. The van der Waals surface area contributed by atoms with E-state index in [4.69, 9.17) is 28.7 Å². The molecule has 0 bridgehead atoms. The van der Waals surface area contributed by atoms with E-state index < -0.39 is 47.8 Å². The Balaban J connectivity index is 2.34. The van der Waals surface area contributed by atoms with Crippen LogP contribution in [0.5, 0.6) is 5.75 Å². The first kappa shape index (κ1) is 37.5. The van der Waals surface area contributed by atoms with Crippen LogP contribution >= 0.6 is 0 Å². The lowest BCUT2D eigenvalue weighted by Gasteiger charge is -2.26. The van der Waals surface area contributed by atoms with Gasteiger partial charge < -0.3 is 49.7 Å². The lowest BCUT2D eigenvalue weighted by atomic mass is 9.95. The molecule has 0 saturated heterocycles. The summed E-state index contributed by atoms with van der Waals surface area (Å²) in [5, 5.41) is 18.2. The highest BCUT2D eigenvalue weighted by atomic mass is 16.3. The second-order valence-corrected chi connectivity index (χ2v) is 11.4. The highest BCUT2D eigenvalue weighted by Gasteiger charge is 2.30. The molecule has 2 aromatic rings. The summed E-state index contributed by atoms with van der Waals surface area (Å²) in [5.74, 6) is -2.59. The molecule has 14 N–H and O–H groups in total. The number of rotatable bonds is 19. The summed E-state index contributed by atoms with van der Waals surface area (Å²) in [7, 11) is 0. The fourth-order valence-corrected chi connectivity index (χ4v) is 5.04. The molecule has 4 atom stereocenters. The molecule has 0 saturated carbocycles. The quantitative estimate of drug-likeness (QED) is 0.0530. The van der Waals surface area contributed by atoms with Crippen LogP contribution in [0.15, 0.2) is 47.5 Å². The van der Waals surface area contributed by atoms with Gasteiger partial charge in [-0.3, -0.25) is 24.2 Å². The van der Waals surface area contributed by atoms with E-state index in [1.807, 2.05) is 30.3 Å². The van der Waals surface area contributed by atoms with Crippen molar-refractivity contribution < 1.29 is 24.3 Å². The van der Waals surface area contributed by atoms with Gasteiger partial charge in [-0.1, -0.05) is 30.3 Å². The van der Waals surface area contributed by atoms with Crippen molar-refractivity contribution in [2.75, 3.05) is 13.1 Å². The number of phenolic OH excluding ortho intramolecular Hbond substituents is 1. The third kappa shape index (κ3) is 12.7. The van der Waals surface area contributed by atoms with Crippen LogP contribution in [0, 0.1) is 13.8 Å². The van der Waals surface area contributed by atoms with Crippen LogP contribution in [-0.4, -0.2) is 72.0 Å². The predicted octanol–water partition coefficient (Wildman–Crippen LogP) is -0.756. The summed E-state index contributed by atoms with van der Waals surface area (Å²) in [6, 6.07) is 8.15.